The molecule has 0 radical (unpaired) electrons. The lowest BCUT2D eigenvalue weighted by Crippen LogP contribution is -2.31. The molecule has 0 spiro atoms. The Kier molecular flexibility index (Phi) is 6.10. The van der Waals surface area contributed by atoms with Gasteiger partial charge in [0.25, 0.3) is 0 Å². The van der Waals surface area contributed by atoms with E-state index in [1.165, 1.54) is 5.56 Å². The summed E-state index contributed by atoms with van der Waals surface area (Å²) >= 11 is 0. The van der Waals surface area contributed by atoms with Gasteiger partial charge in [-0.1, -0.05) is 25.1 Å². The van der Waals surface area contributed by atoms with Gasteiger partial charge in [-0.3, -0.25) is 14.7 Å². The molecule has 0 aliphatic heterocycles. The summed E-state index contributed by atoms with van der Waals surface area (Å²) in [6.45, 7) is 3.32. The molecule has 1 aromatic heterocycles. The Morgan fingerprint density at radius 2 is 1.91 bits per heavy atom. The fourth-order valence-corrected chi connectivity index (χ4v) is 2.33. The molecule has 0 atom stereocenters. The lowest BCUT2D eigenvalue weighted by Gasteiger charge is -2.17. The van der Waals surface area contributed by atoms with E-state index in [4.69, 9.17) is 0 Å². The fourth-order valence-electron chi connectivity index (χ4n) is 2.33. The summed E-state index contributed by atoms with van der Waals surface area (Å²) in [5.41, 5.74) is 3.31. The van der Waals surface area contributed by atoms with Crippen molar-refractivity contribution in [2.75, 3.05) is 25.5 Å². The van der Waals surface area contributed by atoms with E-state index in [-0.39, 0.29) is 5.91 Å². The highest BCUT2D eigenvalue weighted by Gasteiger charge is 2.08. The average molecular weight is 297 g/mol. The van der Waals surface area contributed by atoms with Crippen LogP contribution in [0, 0.1) is 0 Å². The minimum Gasteiger partial charge on any atom is -0.325 e. The number of carbonyl (C=O) groups excluding carboxylic acids is 1. The molecule has 0 bridgehead atoms. The van der Waals surface area contributed by atoms with Crippen molar-refractivity contribution in [2.24, 2.45) is 0 Å². The van der Waals surface area contributed by atoms with E-state index in [0.717, 1.165) is 30.6 Å². The van der Waals surface area contributed by atoms with Gasteiger partial charge in [0.05, 0.1) is 6.54 Å². The predicted molar refractivity (Wildman–Crippen MR) is 89.9 cm³/mol. The first kappa shape index (κ1) is 16.2. The molecule has 2 aromatic rings. The van der Waals surface area contributed by atoms with Crippen LogP contribution in [0.4, 0.5) is 5.69 Å². The Balaban J connectivity index is 1.81. The molecule has 4 heteroatoms. The van der Waals surface area contributed by atoms with Crippen LogP contribution in [-0.2, 0) is 17.6 Å². The first-order valence-electron chi connectivity index (χ1n) is 7.64. The molecule has 1 aromatic carbocycles. The second kappa shape index (κ2) is 8.29. The third-order valence-electron chi connectivity index (χ3n) is 3.62. The minimum atomic E-state index is 0.0260. The lowest BCUT2D eigenvalue weighted by atomic mass is 10.1. The van der Waals surface area contributed by atoms with E-state index < -0.39 is 0 Å². The van der Waals surface area contributed by atoms with Crippen molar-refractivity contribution >= 4 is 11.6 Å². The maximum Gasteiger partial charge on any atom is 0.238 e. The summed E-state index contributed by atoms with van der Waals surface area (Å²) in [6.07, 6.45) is 5.42. The SMILES string of the molecule is CCc1ccccc1NC(=O)CN(C)CCc1ccncc1. The maximum atomic E-state index is 12.1. The maximum absolute atomic E-state index is 12.1. The fraction of sp³-hybridized carbons (Fsp3) is 0.333. The molecule has 1 heterocycles. The van der Waals surface area contributed by atoms with Crippen molar-refractivity contribution in [3.8, 4) is 0 Å². The molecule has 0 aliphatic rings. The molecule has 4 nitrogen and oxygen atoms in total. The standard InChI is InChI=1S/C18H23N3O/c1-3-16-6-4-5-7-17(16)20-18(22)14-21(2)13-10-15-8-11-19-12-9-15/h4-9,11-12H,3,10,13-14H2,1-2H3,(H,20,22). The second-order valence-electron chi connectivity index (χ2n) is 5.40. The number of nitrogens with zero attached hydrogens (tertiary/aromatic N) is 2. The number of hydrogen-bond acceptors (Lipinski definition) is 3. The highest BCUT2D eigenvalue weighted by Crippen LogP contribution is 2.15. The van der Waals surface area contributed by atoms with Crippen LogP contribution in [0.15, 0.2) is 48.8 Å². The Labute approximate surface area is 132 Å². The number of pyridine rings is 1. The van der Waals surface area contributed by atoms with Gasteiger partial charge < -0.3 is 5.32 Å². The van der Waals surface area contributed by atoms with Gasteiger partial charge in [-0.25, -0.2) is 0 Å². The third kappa shape index (κ3) is 4.97. The normalized spacial score (nSPS) is 10.7. The van der Waals surface area contributed by atoms with Gasteiger partial charge >= 0.3 is 0 Å². The minimum absolute atomic E-state index is 0.0260. The Bertz CT molecular complexity index is 598. The van der Waals surface area contributed by atoms with Crippen LogP contribution in [0.25, 0.3) is 0 Å². The number of carbonyl (C=O) groups is 1. The van der Waals surface area contributed by atoms with Crippen molar-refractivity contribution < 1.29 is 4.79 Å². The van der Waals surface area contributed by atoms with Crippen molar-refractivity contribution in [3.05, 3.63) is 59.9 Å². The molecule has 0 fully saturated rings. The largest absolute Gasteiger partial charge is 0.325 e. The zero-order valence-corrected chi connectivity index (χ0v) is 13.2. The average Bonchev–Trinajstić information content (AvgIpc) is 2.54. The number of aryl methyl sites for hydroxylation is 1. The number of para-hydroxylation sites is 1. The zero-order valence-electron chi connectivity index (χ0n) is 13.2. The molecule has 0 saturated heterocycles. The molecule has 0 saturated carbocycles. The monoisotopic (exact) mass is 297 g/mol. The molecular formula is C18H23N3O. The van der Waals surface area contributed by atoms with E-state index in [1.54, 1.807) is 12.4 Å². The van der Waals surface area contributed by atoms with Crippen LogP contribution in [-0.4, -0.2) is 35.9 Å². The topological polar surface area (TPSA) is 45.2 Å². The quantitative estimate of drug-likeness (QED) is 0.854. The van der Waals surface area contributed by atoms with Crippen LogP contribution >= 0.6 is 0 Å². The molecule has 1 N–H and O–H groups in total. The van der Waals surface area contributed by atoms with E-state index in [1.807, 2.05) is 48.3 Å². The zero-order chi connectivity index (χ0) is 15.8. The molecule has 116 valence electrons. The van der Waals surface area contributed by atoms with E-state index >= 15 is 0 Å². The number of nitrogens with one attached hydrogen (secondary N) is 1. The van der Waals surface area contributed by atoms with Crippen LogP contribution in [0.1, 0.15) is 18.1 Å². The van der Waals surface area contributed by atoms with Gasteiger partial charge in [0.2, 0.25) is 5.91 Å². The molecular weight excluding hydrogens is 274 g/mol. The van der Waals surface area contributed by atoms with Gasteiger partial charge in [-0.05, 0) is 49.2 Å². The summed E-state index contributed by atoms with van der Waals surface area (Å²) in [6, 6.07) is 11.9. The number of amides is 1. The van der Waals surface area contributed by atoms with E-state index in [2.05, 4.69) is 17.2 Å². The smallest absolute Gasteiger partial charge is 0.238 e. The van der Waals surface area contributed by atoms with E-state index in [9.17, 15) is 4.79 Å². The number of anilines is 1. The van der Waals surface area contributed by atoms with Gasteiger partial charge in [-0.15, -0.1) is 0 Å². The summed E-state index contributed by atoms with van der Waals surface area (Å²) in [5, 5.41) is 3.00. The molecule has 1 amide bonds. The summed E-state index contributed by atoms with van der Waals surface area (Å²) in [4.78, 5) is 18.2. The van der Waals surface area contributed by atoms with Gasteiger partial charge in [0.1, 0.15) is 0 Å². The molecule has 0 aliphatic carbocycles. The van der Waals surface area contributed by atoms with Crippen LogP contribution in [0.3, 0.4) is 0 Å². The summed E-state index contributed by atoms with van der Waals surface area (Å²) in [7, 11) is 1.96. The van der Waals surface area contributed by atoms with Crippen molar-refractivity contribution in [3.63, 3.8) is 0 Å². The highest BCUT2D eigenvalue weighted by atomic mass is 16.2. The van der Waals surface area contributed by atoms with Crippen molar-refractivity contribution in [1.82, 2.24) is 9.88 Å². The van der Waals surface area contributed by atoms with E-state index in [0.29, 0.717) is 6.54 Å². The number of benzene rings is 1. The molecule has 22 heavy (non-hydrogen) atoms. The summed E-state index contributed by atoms with van der Waals surface area (Å²) < 4.78 is 0. The van der Waals surface area contributed by atoms with Crippen LogP contribution in [0.2, 0.25) is 0 Å². The van der Waals surface area contributed by atoms with Crippen LogP contribution in [0.5, 0.6) is 0 Å². The van der Waals surface area contributed by atoms with Gasteiger partial charge in [0.15, 0.2) is 0 Å². The first-order chi connectivity index (χ1) is 10.7. The number of hydrogen-bond donors (Lipinski definition) is 1. The van der Waals surface area contributed by atoms with Gasteiger partial charge in [-0.2, -0.15) is 0 Å². The summed E-state index contributed by atoms with van der Waals surface area (Å²) in [5.74, 6) is 0.0260. The number of likely N-dealkylation sites (N-methyl/N-ethyl adjacent to an activating group) is 1. The highest BCUT2D eigenvalue weighted by molar-refractivity contribution is 5.92. The van der Waals surface area contributed by atoms with Crippen LogP contribution < -0.4 is 5.32 Å². The Morgan fingerprint density at radius 3 is 2.64 bits per heavy atom. The Morgan fingerprint density at radius 1 is 1.18 bits per heavy atom. The van der Waals surface area contributed by atoms with Gasteiger partial charge in [0, 0.05) is 24.6 Å². The molecule has 2 rings (SSSR count). The third-order valence-corrected chi connectivity index (χ3v) is 3.62. The molecule has 0 unspecified atom stereocenters. The number of aromatic nitrogens is 1. The van der Waals surface area contributed by atoms with Crippen molar-refractivity contribution in [2.45, 2.75) is 19.8 Å². The lowest BCUT2D eigenvalue weighted by molar-refractivity contribution is -0.117. The second-order valence-corrected chi connectivity index (χ2v) is 5.40. The predicted octanol–water partition coefficient (Wildman–Crippen LogP) is 2.76. The number of rotatable bonds is 7. The van der Waals surface area contributed by atoms with Crippen molar-refractivity contribution in [1.29, 1.82) is 0 Å². The first-order valence-corrected chi connectivity index (χ1v) is 7.64. The Hall–Kier alpha value is -2.20.